The predicted molar refractivity (Wildman–Crippen MR) is 65.2 cm³/mol. The highest BCUT2D eigenvalue weighted by molar-refractivity contribution is 9.11. The maximum absolute atomic E-state index is 8.78. The predicted octanol–water partition coefficient (Wildman–Crippen LogP) is 3.44. The third kappa shape index (κ3) is 1.91. The monoisotopic (exact) mass is 270 g/mol. The van der Waals surface area contributed by atoms with Crippen molar-refractivity contribution in [2.24, 2.45) is 0 Å². The molecule has 0 N–H and O–H groups in total. The molecule has 0 aromatic heterocycles. The SMILES string of the molecule is N#CC(C#N)=C1C=CC2=C(C=C1)CC(Br)=C2. The van der Waals surface area contributed by atoms with Gasteiger partial charge in [0, 0.05) is 16.5 Å². The lowest BCUT2D eigenvalue weighted by molar-refractivity contribution is 1.31. The van der Waals surface area contributed by atoms with Gasteiger partial charge in [0.1, 0.15) is 17.7 Å². The van der Waals surface area contributed by atoms with Crippen LogP contribution in [-0.4, -0.2) is 0 Å². The summed E-state index contributed by atoms with van der Waals surface area (Å²) in [6.45, 7) is 0. The van der Waals surface area contributed by atoms with Crippen molar-refractivity contribution in [2.45, 2.75) is 6.42 Å². The Morgan fingerprint density at radius 3 is 2.50 bits per heavy atom. The van der Waals surface area contributed by atoms with Gasteiger partial charge in [-0.05, 0) is 17.2 Å². The Morgan fingerprint density at radius 1 is 1.12 bits per heavy atom. The van der Waals surface area contributed by atoms with Crippen LogP contribution in [0.15, 0.2) is 57.2 Å². The van der Waals surface area contributed by atoms with E-state index in [0.717, 1.165) is 16.5 Å². The van der Waals surface area contributed by atoms with Crippen molar-refractivity contribution in [3.05, 3.63) is 57.2 Å². The van der Waals surface area contributed by atoms with Gasteiger partial charge in [-0.1, -0.05) is 40.2 Å². The number of allylic oxidation sites excluding steroid dienone is 10. The van der Waals surface area contributed by atoms with E-state index in [2.05, 4.69) is 22.0 Å². The maximum Gasteiger partial charge on any atom is 0.136 e. The Bertz CT molecular complexity index is 556. The molecule has 16 heavy (non-hydrogen) atoms. The Hall–Kier alpha value is -1.84. The van der Waals surface area contributed by atoms with Gasteiger partial charge in [0.15, 0.2) is 0 Å². The van der Waals surface area contributed by atoms with Crippen LogP contribution in [0.3, 0.4) is 0 Å². The van der Waals surface area contributed by atoms with Crippen molar-refractivity contribution in [3.63, 3.8) is 0 Å². The van der Waals surface area contributed by atoms with Crippen molar-refractivity contribution >= 4 is 15.9 Å². The van der Waals surface area contributed by atoms with Crippen LogP contribution in [-0.2, 0) is 0 Å². The molecular weight excluding hydrogens is 264 g/mol. The molecule has 0 spiro atoms. The van der Waals surface area contributed by atoms with Crippen LogP contribution in [0.5, 0.6) is 0 Å². The normalized spacial score (nSPS) is 17.4. The maximum atomic E-state index is 8.78. The number of nitrogens with zero attached hydrogens (tertiary/aromatic N) is 2. The average molecular weight is 271 g/mol. The van der Waals surface area contributed by atoms with Crippen LogP contribution in [0, 0.1) is 22.7 Å². The van der Waals surface area contributed by atoms with E-state index in [1.807, 2.05) is 36.4 Å². The molecule has 0 atom stereocenters. The molecule has 76 valence electrons. The molecule has 0 saturated carbocycles. The zero-order valence-electron chi connectivity index (χ0n) is 8.37. The molecule has 0 heterocycles. The van der Waals surface area contributed by atoms with Gasteiger partial charge >= 0.3 is 0 Å². The summed E-state index contributed by atoms with van der Waals surface area (Å²) < 4.78 is 1.15. The number of hydrogen-bond acceptors (Lipinski definition) is 2. The highest BCUT2D eigenvalue weighted by Crippen LogP contribution is 2.32. The highest BCUT2D eigenvalue weighted by Gasteiger charge is 2.12. The molecule has 0 unspecified atom stereocenters. The van der Waals surface area contributed by atoms with Crippen molar-refractivity contribution in [3.8, 4) is 12.1 Å². The molecule has 2 nitrogen and oxygen atoms in total. The number of halogens is 1. The molecule has 0 aromatic rings. The van der Waals surface area contributed by atoms with Crippen LogP contribution in [0.4, 0.5) is 0 Å². The molecular formula is C13H7BrN2. The van der Waals surface area contributed by atoms with Crippen molar-refractivity contribution in [1.82, 2.24) is 0 Å². The standard InChI is InChI=1S/C13H7BrN2/c14-13-5-10-3-1-9(12(7-15)8-16)2-4-11(10)6-13/h1-5H,6H2. The first-order valence-electron chi connectivity index (χ1n) is 4.74. The fourth-order valence-corrected chi connectivity index (χ4v) is 2.20. The van der Waals surface area contributed by atoms with Crippen molar-refractivity contribution < 1.29 is 0 Å². The lowest BCUT2D eigenvalue weighted by Gasteiger charge is -1.93. The Balaban J connectivity index is 2.43. The zero-order valence-corrected chi connectivity index (χ0v) is 9.95. The van der Waals surface area contributed by atoms with E-state index in [4.69, 9.17) is 10.5 Å². The van der Waals surface area contributed by atoms with Crippen LogP contribution in [0.2, 0.25) is 0 Å². The average Bonchev–Trinajstić information content (AvgIpc) is 2.53. The second-order valence-corrected chi connectivity index (χ2v) is 4.49. The van der Waals surface area contributed by atoms with Crippen LogP contribution in [0.25, 0.3) is 0 Å². The molecule has 0 radical (unpaired) electrons. The summed E-state index contributed by atoms with van der Waals surface area (Å²) >= 11 is 3.46. The molecule has 3 heteroatoms. The summed E-state index contributed by atoms with van der Waals surface area (Å²) in [6.07, 6.45) is 10.5. The Morgan fingerprint density at radius 2 is 1.81 bits per heavy atom. The summed E-state index contributed by atoms with van der Waals surface area (Å²) in [5, 5.41) is 17.6. The molecule has 0 fully saturated rings. The van der Waals surface area contributed by atoms with Gasteiger partial charge in [-0.3, -0.25) is 0 Å². The van der Waals surface area contributed by atoms with E-state index < -0.39 is 0 Å². The summed E-state index contributed by atoms with van der Waals surface area (Å²) in [6, 6.07) is 3.79. The van der Waals surface area contributed by atoms with Crippen molar-refractivity contribution in [2.75, 3.05) is 0 Å². The molecule has 0 bridgehead atoms. The van der Waals surface area contributed by atoms with Gasteiger partial charge < -0.3 is 0 Å². The lowest BCUT2D eigenvalue weighted by atomic mass is 10.1. The molecule has 2 aliphatic carbocycles. The third-order valence-electron chi connectivity index (χ3n) is 2.46. The zero-order chi connectivity index (χ0) is 11.5. The largest absolute Gasteiger partial charge is 0.192 e. The topological polar surface area (TPSA) is 47.6 Å². The van der Waals surface area contributed by atoms with E-state index in [-0.39, 0.29) is 5.57 Å². The first-order valence-corrected chi connectivity index (χ1v) is 5.54. The second kappa shape index (κ2) is 4.35. The van der Waals surface area contributed by atoms with Crippen LogP contribution >= 0.6 is 15.9 Å². The van der Waals surface area contributed by atoms with Gasteiger partial charge in [0.05, 0.1) is 0 Å². The third-order valence-corrected chi connectivity index (χ3v) is 2.97. The number of hydrogen-bond donors (Lipinski definition) is 0. The van der Waals surface area contributed by atoms with Crippen LogP contribution < -0.4 is 0 Å². The minimum absolute atomic E-state index is 0.150. The fraction of sp³-hybridized carbons (Fsp3) is 0.0769. The van der Waals surface area contributed by atoms with Gasteiger partial charge in [0.25, 0.3) is 0 Å². The second-order valence-electron chi connectivity index (χ2n) is 3.47. The highest BCUT2D eigenvalue weighted by atomic mass is 79.9. The molecule has 0 saturated heterocycles. The molecule has 2 aliphatic rings. The molecule has 0 aromatic carbocycles. The summed E-state index contributed by atoms with van der Waals surface area (Å²) in [5.41, 5.74) is 3.15. The number of rotatable bonds is 0. The van der Waals surface area contributed by atoms with E-state index >= 15 is 0 Å². The molecule has 0 amide bonds. The first-order chi connectivity index (χ1) is 7.74. The van der Waals surface area contributed by atoms with Gasteiger partial charge in [-0.15, -0.1) is 0 Å². The van der Waals surface area contributed by atoms with E-state index in [9.17, 15) is 0 Å². The van der Waals surface area contributed by atoms with Gasteiger partial charge in [-0.2, -0.15) is 10.5 Å². The summed E-state index contributed by atoms with van der Waals surface area (Å²) in [7, 11) is 0. The quantitative estimate of drug-likeness (QED) is 0.633. The minimum atomic E-state index is 0.150. The lowest BCUT2D eigenvalue weighted by Crippen LogP contribution is -1.80. The summed E-state index contributed by atoms with van der Waals surface area (Å²) in [4.78, 5) is 0. The molecule has 0 aliphatic heterocycles. The van der Waals surface area contributed by atoms with Crippen molar-refractivity contribution in [1.29, 1.82) is 10.5 Å². The van der Waals surface area contributed by atoms with E-state index in [1.54, 1.807) is 0 Å². The minimum Gasteiger partial charge on any atom is -0.192 e. The van der Waals surface area contributed by atoms with Gasteiger partial charge in [0.2, 0.25) is 0 Å². The smallest absolute Gasteiger partial charge is 0.136 e. The van der Waals surface area contributed by atoms with E-state index in [0.29, 0.717) is 5.57 Å². The van der Waals surface area contributed by atoms with E-state index in [1.165, 1.54) is 5.57 Å². The Kier molecular flexibility index (Phi) is 2.90. The van der Waals surface area contributed by atoms with Gasteiger partial charge in [-0.25, -0.2) is 0 Å². The fourth-order valence-electron chi connectivity index (χ4n) is 1.65. The Labute approximate surface area is 102 Å². The first kappa shape index (κ1) is 10.7. The molecule has 2 rings (SSSR count). The summed E-state index contributed by atoms with van der Waals surface area (Å²) in [5.74, 6) is 0. The van der Waals surface area contributed by atoms with Crippen LogP contribution in [0.1, 0.15) is 6.42 Å². The number of nitriles is 2.